The number of Topliss-reactive ketones (excluding diaryl/α,β-unsaturated/α-hetero) is 1. The van der Waals surface area contributed by atoms with Gasteiger partial charge in [-0.3, -0.25) is 14.6 Å². The molecule has 2 unspecified atom stereocenters. The summed E-state index contributed by atoms with van der Waals surface area (Å²) in [5, 5.41) is 11.4. The molecule has 0 saturated carbocycles. The Kier molecular flexibility index (Phi) is 5.91. The Bertz CT molecular complexity index is 1060. The molecule has 2 atom stereocenters. The zero-order chi connectivity index (χ0) is 23.0. The van der Waals surface area contributed by atoms with Crippen LogP contribution in [0, 0.1) is 6.92 Å². The summed E-state index contributed by atoms with van der Waals surface area (Å²) in [5.74, 6) is -1.40. The fourth-order valence-corrected chi connectivity index (χ4v) is 4.46. The molecule has 2 aliphatic heterocycles. The van der Waals surface area contributed by atoms with Gasteiger partial charge in [0.05, 0.1) is 17.7 Å². The van der Waals surface area contributed by atoms with E-state index in [2.05, 4.69) is 25.8 Å². The van der Waals surface area contributed by atoms with E-state index in [1.807, 2.05) is 25.1 Å². The van der Waals surface area contributed by atoms with Gasteiger partial charge < -0.3 is 14.7 Å². The topological polar surface area (TPSA) is 79.7 Å². The van der Waals surface area contributed by atoms with Gasteiger partial charge in [0.2, 0.25) is 0 Å². The third-order valence-corrected chi connectivity index (χ3v) is 6.34. The molecular formula is C26H30N2O4. The van der Waals surface area contributed by atoms with E-state index in [-0.39, 0.29) is 22.9 Å². The predicted octanol–water partition coefficient (Wildman–Crippen LogP) is 4.29. The van der Waals surface area contributed by atoms with Gasteiger partial charge in [-0.1, -0.05) is 32.9 Å². The molecule has 6 nitrogen and oxygen atoms in total. The van der Waals surface area contributed by atoms with E-state index >= 15 is 0 Å². The highest BCUT2D eigenvalue weighted by Crippen LogP contribution is 2.41. The van der Waals surface area contributed by atoms with Crippen LogP contribution in [0.2, 0.25) is 0 Å². The maximum atomic E-state index is 13.2. The summed E-state index contributed by atoms with van der Waals surface area (Å²) < 4.78 is 5.74. The van der Waals surface area contributed by atoms with Gasteiger partial charge in [0.1, 0.15) is 5.76 Å². The molecule has 2 aliphatic rings. The van der Waals surface area contributed by atoms with Crippen LogP contribution in [0.1, 0.15) is 61.9 Å². The van der Waals surface area contributed by atoms with Crippen molar-refractivity contribution in [2.24, 2.45) is 0 Å². The molecule has 2 saturated heterocycles. The molecule has 0 spiro atoms. The second-order valence-corrected chi connectivity index (χ2v) is 9.65. The van der Waals surface area contributed by atoms with E-state index in [0.29, 0.717) is 18.7 Å². The Morgan fingerprint density at radius 2 is 1.91 bits per heavy atom. The molecule has 1 N–H and O–H groups in total. The van der Waals surface area contributed by atoms with Crippen LogP contribution in [0.25, 0.3) is 5.76 Å². The second-order valence-electron chi connectivity index (χ2n) is 9.65. The molecule has 1 amide bonds. The van der Waals surface area contributed by atoms with Gasteiger partial charge in [0.25, 0.3) is 11.7 Å². The van der Waals surface area contributed by atoms with Crippen LogP contribution in [-0.2, 0) is 19.7 Å². The van der Waals surface area contributed by atoms with Crippen LogP contribution < -0.4 is 0 Å². The fraction of sp³-hybridized carbons (Fsp3) is 0.423. The first-order valence-electron chi connectivity index (χ1n) is 11.1. The monoisotopic (exact) mass is 434 g/mol. The molecule has 2 fully saturated rings. The number of aromatic nitrogens is 1. The molecule has 32 heavy (non-hydrogen) atoms. The first kappa shape index (κ1) is 22.2. The van der Waals surface area contributed by atoms with E-state index in [9.17, 15) is 14.7 Å². The van der Waals surface area contributed by atoms with E-state index in [1.165, 1.54) is 0 Å². The minimum absolute atomic E-state index is 0.108. The number of benzene rings is 1. The third kappa shape index (κ3) is 4.07. The Morgan fingerprint density at radius 3 is 2.53 bits per heavy atom. The molecule has 0 aliphatic carbocycles. The van der Waals surface area contributed by atoms with Gasteiger partial charge in [-0.25, -0.2) is 0 Å². The smallest absolute Gasteiger partial charge is 0.295 e. The lowest BCUT2D eigenvalue weighted by Gasteiger charge is -2.27. The third-order valence-electron chi connectivity index (χ3n) is 6.34. The molecule has 0 radical (unpaired) electrons. The number of amides is 1. The van der Waals surface area contributed by atoms with E-state index in [1.54, 1.807) is 29.4 Å². The first-order valence-corrected chi connectivity index (χ1v) is 11.1. The molecule has 2 aromatic rings. The predicted molar refractivity (Wildman–Crippen MR) is 122 cm³/mol. The summed E-state index contributed by atoms with van der Waals surface area (Å²) in [6, 6.07) is 8.78. The molecule has 1 aromatic carbocycles. The Hall–Kier alpha value is -2.99. The second kappa shape index (κ2) is 8.51. The highest BCUT2D eigenvalue weighted by atomic mass is 16.5. The number of hydrogen-bond donors (Lipinski definition) is 1. The van der Waals surface area contributed by atoms with Gasteiger partial charge in [-0.15, -0.1) is 0 Å². The van der Waals surface area contributed by atoms with Crippen molar-refractivity contribution in [1.82, 2.24) is 9.88 Å². The standard InChI is InChI=1S/C26H30N2O4/c1-16-7-8-18(26(2,3)4)14-20(16)23(29)21-22(17-9-11-27-12-10-17)28(25(31)24(21)30)15-19-6-5-13-32-19/h7-12,14,19,22,29H,5-6,13,15H2,1-4H3/b23-21+. The average Bonchev–Trinajstić information content (AvgIpc) is 3.36. The summed E-state index contributed by atoms with van der Waals surface area (Å²) in [6.45, 7) is 9.16. The van der Waals surface area contributed by atoms with Crippen LogP contribution in [0.3, 0.4) is 0 Å². The molecule has 6 heteroatoms. The number of aryl methyl sites for hydroxylation is 1. The number of ether oxygens (including phenoxy) is 1. The lowest BCUT2D eigenvalue weighted by atomic mass is 9.84. The number of likely N-dealkylation sites (tertiary alicyclic amines) is 1. The summed E-state index contributed by atoms with van der Waals surface area (Å²) in [4.78, 5) is 31.9. The van der Waals surface area contributed by atoms with Crippen molar-refractivity contribution < 1.29 is 19.4 Å². The number of rotatable bonds is 4. The van der Waals surface area contributed by atoms with Gasteiger partial charge in [-0.05, 0) is 60.1 Å². The van der Waals surface area contributed by atoms with Crippen LogP contribution in [-0.4, -0.2) is 45.9 Å². The number of pyridine rings is 1. The number of aliphatic hydroxyl groups is 1. The lowest BCUT2D eigenvalue weighted by Crippen LogP contribution is -2.36. The van der Waals surface area contributed by atoms with E-state index < -0.39 is 17.7 Å². The molecule has 168 valence electrons. The van der Waals surface area contributed by atoms with Crippen molar-refractivity contribution in [2.45, 2.75) is 58.1 Å². The van der Waals surface area contributed by atoms with Crippen LogP contribution in [0.15, 0.2) is 48.3 Å². The molecule has 0 bridgehead atoms. The van der Waals surface area contributed by atoms with Gasteiger partial charge in [0.15, 0.2) is 0 Å². The van der Waals surface area contributed by atoms with Crippen molar-refractivity contribution in [3.63, 3.8) is 0 Å². The summed E-state index contributed by atoms with van der Waals surface area (Å²) in [7, 11) is 0. The summed E-state index contributed by atoms with van der Waals surface area (Å²) in [6.07, 6.45) is 4.94. The van der Waals surface area contributed by atoms with Crippen LogP contribution in [0.5, 0.6) is 0 Å². The minimum Gasteiger partial charge on any atom is -0.507 e. The maximum absolute atomic E-state index is 13.2. The SMILES string of the molecule is Cc1ccc(C(C)(C)C)cc1/C(O)=C1\C(=O)C(=O)N(CC2CCCO2)C1c1ccncc1. The highest BCUT2D eigenvalue weighted by Gasteiger charge is 2.47. The zero-order valence-corrected chi connectivity index (χ0v) is 19.1. The molecule has 3 heterocycles. The summed E-state index contributed by atoms with van der Waals surface area (Å²) >= 11 is 0. The number of nitrogens with zero attached hydrogens (tertiary/aromatic N) is 2. The van der Waals surface area contributed by atoms with Crippen molar-refractivity contribution in [2.75, 3.05) is 13.2 Å². The number of carbonyl (C=O) groups excluding carboxylic acids is 2. The zero-order valence-electron chi connectivity index (χ0n) is 19.1. The minimum atomic E-state index is -0.681. The Morgan fingerprint density at radius 1 is 1.19 bits per heavy atom. The van der Waals surface area contributed by atoms with E-state index in [4.69, 9.17) is 4.74 Å². The normalized spacial score (nSPS) is 23.2. The Labute approximate surface area is 188 Å². The molecule has 1 aromatic heterocycles. The quantitative estimate of drug-likeness (QED) is 0.441. The van der Waals surface area contributed by atoms with Gasteiger partial charge in [-0.2, -0.15) is 0 Å². The fourth-order valence-electron chi connectivity index (χ4n) is 4.46. The maximum Gasteiger partial charge on any atom is 0.295 e. The van der Waals surface area contributed by atoms with Crippen molar-refractivity contribution in [3.8, 4) is 0 Å². The van der Waals surface area contributed by atoms with Gasteiger partial charge in [0, 0.05) is 31.1 Å². The van der Waals surface area contributed by atoms with Crippen molar-refractivity contribution in [1.29, 1.82) is 0 Å². The Balaban J connectivity index is 1.86. The number of hydrogen-bond acceptors (Lipinski definition) is 5. The number of carbonyl (C=O) groups is 2. The van der Waals surface area contributed by atoms with Gasteiger partial charge >= 0.3 is 0 Å². The average molecular weight is 435 g/mol. The number of ketones is 1. The first-order chi connectivity index (χ1) is 15.2. The van der Waals surface area contributed by atoms with Crippen molar-refractivity contribution >= 4 is 17.4 Å². The van der Waals surface area contributed by atoms with Crippen LogP contribution in [0.4, 0.5) is 0 Å². The lowest BCUT2D eigenvalue weighted by molar-refractivity contribution is -0.140. The van der Waals surface area contributed by atoms with Crippen molar-refractivity contribution in [3.05, 3.63) is 70.6 Å². The highest BCUT2D eigenvalue weighted by molar-refractivity contribution is 6.46. The number of aliphatic hydroxyl groups excluding tert-OH is 1. The largest absolute Gasteiger partial charge is 0.507 e. The van der Waals surface area contributed by atoms with Crippen LogP contribution >= 0.6 is 0 Å². The molecule has 4 rings (SSSR count). The molecular weight excluding hydrogens is 404 g/mol. The van der Waals surface area contributed by atoms with E-state index in [0.717, 1.165) is 29.5 Å². The summed E-state index contributed by atoms with van der Waals surface area (Å²) in [5.41, 5.74) is 3.19.